The predicted octanol–water partition coefficient (Wildman–Crippen LogP) is 5.02. The summed E-state index contributed by atoms with van der Waals surface area (Å²) in [6.07, 6.45) is 2.60. The standard InChI is InChI=1S/C25H31N3O/c1-18-6-10-21(11-7-18)17-28-16-20(3)24(22-12-8-19(2)9-13-22)25(28)26-23(29)14-15-27(4)5/h6-13,16H,14-15,17H2,1-5H3,(H,26,29). The first kappa shape index (κ1) is 20.9. The number of carbonyl (C=O) groups excluding carboxylic acids is 1. The lowest BCUT2D eigenvalue weighted by Crippen LogP contribution is -2.22. The van der Waals surface area contributed by atoms with Crippen molar-refractivity contribution < 1.29 is 4.79 Å². The second kappa shape index (κ2) is 9.10. The SMILES string of the molecule is Cc1ccc(Cn2cc(C)c(-c3ccc(C)cc3)c2NC(=O)CCN(C)C)cc1. The summed E-state index contributed by atoms with van der Waals surface area (Å²) in [5, 5.41) is 3.20. The van der Waals surface area contributed by atoms with Crippen LogP contribution in [-0.2, 0) is 11.3 Å². The maximum atomic E-state index is 12.7. The molecule has 0 aliphatic carbocycles. The van der Waals surface area contributed by atoms with Crippen molar-refractivity contribution in [2.75, 3.05) is 26.0 Å². The van der Waals surface area contributed by atoms with E-state index >= 15 is 0 Å². The van der Waals surface area contributed by atoms with E-state index in [2.05, 4.69) is 85.4 Å². The van der Waals surface area contributed by atoms with Gasteiger partial charge < -0.3 is 14.8 Å². The zero-order valence-electron chi connectivity index (χ0n) is 18.1. The van der Waals surface area contributed by atoms with Gasteiger partial charge in [-0.1, -0.05) is 59.7 Å². The van der Waals surface area contributed by atoms with Crippen molar-refractivity contribution in [1.82, 2.24) is 9.47 Å². The van der Waals surface area contributed by atoms with Crippen LogP contribution in [0, 0.1) is 20.8 Å². The maximum Gasteiger partial charge on any atom is 0.226 e. The molecule has 1 aromatic heterocycles. The van der Waals surface area contributed by atoms with Crippen LogP contribution in [0.3, 0.4) is 0 Å². The first-order valence-electron chi connectivity index (χ1n) is 10.1. The molecule has 3 aromatic rings. The van der Waals surface area contributed by atoms with Crippen molar-refractivity contribution in [2.45, 2.75) is 33.7 Å². The van der Waals surface area contributed by atoms with Crippen LogP contribution in [0.2, 0.25) is 0 Å². The summed E-state index contributed by atoms with van der Waals surface area (Å²) >= 11 is 0. The molecule has 0 spiro atoms. The van der Waals surface area contributed by atoms with Crippen LogP contribution in [0.4, 0.5) is 5.82 Å². The molecule has 0 radical (unpaired) electrons. The van der Waals surface area contributed by atoms with E-state index in [0.29, 0.717) is 6.42 Å². The number of carbonyl (C=O) groups is 1. The molecular formula is C25H31N3O. The Morgan fingerprint density at radius 2 is 1.52 bits per heavy atom. The summed E-state index contributed by atoms with van der Waals surface area (Å²) in [4.78, 5) is 14.7. The molecule has 1 heterocycles. The minimum absolute atomic E-state index is 0.0373. The Morgan fingerprint density at radius 1 is 0.931 bits per heavy atom. The Balaban J connectivity index is 1.98. The van der Waals surface area contributed by atoms with E-state index in [-0.39, 0.29) is 5.91 Å². The van der Waals surface area contributed by atoms with Crippen molar-refractivity contribution in [1.29, 1.82) is 0 Å². The van der Waals surface area contributed by atoms with E-state index in [1.54, 1.807) is 0 Å². The predicted molar refractivity (Wildman–Crippen MR) is 121 cm³/mol. The lowest BCUT2D eigenvalue weighted by molar-refractivity contribution is -0.116. The number of aromatic nitrogens is 1. The summed E-state index contributed by atoms with van der Waals surface area (Å²) in [5.41, 5.74) is 7.06. The third kappa shape index (κ3) is 5.36. The van der Waals surface area contributed by atoms with E-state index in [0.717, 1.165) is 35.6 Å². The molecule has 4 nitrogen and oxygen atoms in total. The number of aryl methyl sites for hydroxylation is 3. The number of nitrogens with zero attached hydrogens (tertiary/aromatic N) is 2. The molecule has 1 N–H and O–H groups in total. The molecule has 29 heavy (non-hydrogen) atoms. The van der Waals surface area contributed by atoms with E-state index in [9.17, 15) is 4.79 Å². The molecule has 0 saturated carbocycles. The smallest absolute Gasteiger partial charge is 0.226 e. The molecule has 0 fully saturated rings. The summed E-state index contributed by atoms with van der Waals surface area (Å²) in [6.45, 7) is 7.73. The first-order chi connectivity index (χ1) is 13.8. The van der Waals surface area contributed by atoms with Gasteiger partial charge in [0.05, 0.1) is 0 Å². The normalized spacial score (nSPS) is 11.1. The highest BCUT2D eigenvalue weighted by molar-refractivity contribution is 5.95. The number of hydrogen-bond donors (Lipinski definition) is 1. The Bertz CT molecular complexity index is 967. The highest BCUT2D eigenvalue weighted by Gasteiger charge is 2.18. The van der Waals surface area contributed by atoms with Crippen molar-refractivity contribution >= 4 is 11.7 Å². The average molecular weight is 390 g/mol. The zero-order chi connectivity index (χ0) is 21.0. The number of rotatable bonds is 7. The molecule has 0 saturated heterocycles. The summed E-state index contributed by atoms with van der Waals surface area (Å²) in [6, 6.07) is 17.0. The lowest BCUT2D eigenvalue weighted by Gasteiger charge is -2.15. The van der Waals surface area contributed by atoms with Crippen LogP contribution >= 0.6 is 0 Å². The quantitative estimate of drug-likeness (QED) is 0.616. The number of hydrogen-bond acceptors (Lipinski definition) is 2. The fourth-order valence-electron chi connectivity index (χ4n) is 3.45. The van der Waals surface area contributed by atoms with Gasteiger partial charge in [0.2, 0.25) is 5.91 Å². The summed E-state index contributed by atoms with van der Waals surface area (Å²) in [5.74, 6) is 0.908. The van der Waals surface area contributed by atoms with E-state index in [1.165, 1.54) is 16.7 Å². The summed E-state index contributed by atoms with van der Waals surface area (Å²) < 4.78 is 2.16. The molecule has 0 aliphatic heterocycles. The molecule has 0 unspecified atom stereocenters. The lowest BCUT2D eigenvalue weighted by atomic mass is 10.0. The van der Waals surface area contributed by atoms with E-state index < -0.39 is 0 Å². The fraction of sp³-hybridized carbons (Fsp3) is 0.320. The molecule has 3 rings (SSSR count). The Morgan fingerprint density at radius 3 is 2.10 bits per heavy atom. The van der Waals surface area contributed by atoms with Gasteiger partial charge in [0, 0.05) is 31.3 Å². The van der Waals surface area contributed by atoms with Gasteiger partial charge in [0.1, 0.15) is 5.82 Å². The second-order valence-electron chi connectivity index (χ2n) is 8.12. The van der Waals surface area contributed by atoms with Gasteiger partial charge in [-0.3, -0.25) is 4.79 Å². The van der Waals surface area contributed by atoms with Crippen LogP contribution < -0.4 is 5.32 Å². The van der Waals surface area contributed by atoms with Gasteiger partial charge in [-0.25, -0.2) is 0 Å². The van der Waals surface area contributed by atoms with E-state index in [1.807, 2.05) is 19.0 Å². The number of amides is 1. The Hall–Kier alpha value is -2.85. The topological polar surface area (TPSA) is 37.3 Å². The second-order valence-corrected chi connectivity index (χ2v) is 8.12. The van der Waals surface area contributed by atoms with Gasteiger partial charge in [0.25, 0.3) is 0 Å². The Labute approximate surface area is 174 Å². The molecule has 2 aromatic carbocycles. The van der Waals surface area contributed by atoms with E-state index in [4.69, 9.17) is 0 Å². The van der Waals surface area contributed by atoms with Crippen LogP contribution in [-0.4, -0.2) is 36.0 Å². The third-order valence-corrected chi connectivity index (χ3v) is 5.13. The molecule has 1 amide bonds. The Kier molecular flexibility index (Phi) is 6.55. The third-order valence-electron chi connectivity index (χ3n) is 5.13. The molecule has 0 bridgehead atoms. The maximum absolute atomic E-state index is 12.7. The van der Waals surface area contributed by atoms with Crippen molar-refractivity contribution in [3.8, 4) is 11.1 Å². The summed E-state index contributed by atoms with van der Waals surface area (Å²) in [7, 11) is 3.96. The van der Waals surface area contributed by atoms with Crippen LogP contribution in [0.15, 0.2) is 54.7 Å². The molecule has 0 atom stereocenters. The van der Waals surface area contributed by atoms with Crippen LogP contribution in [0.1, 0.15) is 28.7 Å². The molecular weight excluding hydrogens is 358 g/mol. The van der Waals surface area contributed by atoms with Gasteiger partial charge in [-0.15, -0.1) is 0 Å². The van der Waals surface area contributed by atoms with Crippen LogP contribution in [0.5, 0.6) is 0 Å². The molecule has 152 valence electrons. The molecule has 0 aliphatic rings. The zero-order valence-corrected chi connectivity index (χ0v) is 18.1. The number of anilines is 1. The van der Waals surface area contributed by atoms with Crippen LogP contribution in [0.25, 0.3) is 11.1 Å². The van der Waals surface area contributed by atoms with Crippen molar-refractivity contribution in [2.24, 2.45) is 0 Å². The van der Waals surface area contributed by atoms with Gasteiger partial charge in [-0.2, -0.15) is 0 Å². The highest BCUT2D eigenvalue weighted by Crippen LogP contribution is 2.34. The average Bonchev–Trinajstić information content (AvgIpc) is 2.97. The minimum atomic E-state index is 0.0373. The first-order valence-corrected chi connectivity index (χ1v) is 10.1. The number of nitrogens with one attached hydrogen (secondary N) is 1. The van der Waals surface area contributed by atoms with Crippen molar-refractivity contribution in [3.63, 3.8) is 0 Å². The molecule has 4 heteroatoms. The van der Waals surface area contributed by atoms with Gasteiger partial charge in [0.15, 0.2) is 0 Å². The minimum Gasteiger partial charge on any atom is -0.329 e. The highest BCUT2D eigenvalue weighted by atomic mass is 16.1. The number of benzene rings is 2. The van der Waals surface area contributed by atoms with Gasteiger partial charge >= 0.3 is 0 Å². The van der Waals surface area contributed by atoms with Crippen molar-refractivity contribution in [3.05, 3.63) is 77.0 Å². The largest absolute Gasteiger partial charge is 0.329 e. The monoisotopic (exact) mass is 389 g/mol. The fourth-order valence-corrected chi connectivity index (χ4v) is 3.45. The van der Waals surface area contributed by atoms with Gasteiger partial charge in [-0.05, 0) is 51.6 Å².